The minimum atomic E-state index is -4.39. The summed E-state index contributed by atoms with van der Waals surface area (Å²) in [5.41, 5.74) is -2.16. The van der Waals surface area contributed by atoms with Gasteiger partial charge in [0, 0.05) is 43.2 Å². The SMILES string of the molecule is Fc1ccc(N2CC3(C2)CN(c2nnc4n2-c2ccc(Cl)cc2CN(C2(C(F)(F)F)CC2)C4)C3)c(F)c1C(F)F. The molecule has 3 fully saturated rings. The zero-order valence-electron chi connectivity index (χ0n) is 20.8. The van der Waals surface area contributed by atoms with Gasteiger partial charge in [0.25, 0.3) is 6.43 Å². The lowest BCUT2D eigenvalue weighted by atomic mass is 9.72. The third-order valence-corrected chi connectivity index (χ3v) is 8.83. The quantitative estimate of drug-likeness (QED) is 0.358. The van der Waals surface area contributed by atoms with Crippen LogP contribution in [0.4, 0.5) is 42.4 Å². The molecular formula is C26H22ClF7N6. The van der Waals surface area contributed by atoms with E-state index < -0.39 is 35.3 Å². The first-order chi connectivity index (χ1) is 18.9. The molecule has 0 amide bonds. The molecule has 1 saturated carbocycles. The Balaban J connectivity index is 1.14. The summed E-state index contributed by atoms with van der Waals surface area (Å²) in [4.78, 5) is 4.96. The summed E-state index contributed by atoms with van der Waals surface area (Å²) in [6, 6.07) is 7.11. The van der Waals surface area contributed by atoms with Crippen LogP contribution >= 0.6 is 11.6 Å². The first-order valence-corrected chi connectivity index (χ1v) is 13.1. The van der Waals surface area contributed by atoms with Crippen molar-refractivity contribution in [3.63, 3.8) is 0 Å². The maximum atomic E-state index is 14.6. The van der Waals surface area contributed by atoms with Crippen LogP contribution in [0.2, 0.25) is 5.02 Å². The van der Waals surface area contributed by atoms with Crippen molar-refractivity contribution in [2.75, 3.05) is 36.0 Å². The average molecular weight is 587 g/mol. The van der Waals surface area contributed by atoms with Crippen LogP contribution in [0.25, 0.3) is 5.69 Å². The fourth-order valence-corrected chi connectivity index (χ4v) is 6.63. The first-order valence-electron chi connectivity index (χ1n) is 12.7. The fraction of sp³-hybridized carbons (Fsp3) is 0.462. The molecule has 3 aliphatic heterocycles. The molecule has 2 saturated heterocycles. The summed E-state index contributed by atoms with van der Waals surface area (Å²) in [7, 11) is 0. The Kier molecular flexibility index (Phi) is 5.48. The predicted octanol–water partition coefficient (Wildman–Crippen LogP) is 5.87. The molecule has 3 aromatic rings. The van der Waals surface area contributed by atoms with Gasteiger partial charge in [0.15, 0.2) is 11.6 Å². The van der Waals surface area contributed by atoms with E-state index in [-0.39, 0.29) is 37.0 Å². The summed E-state index contributed by atoms with van der Waals surface area (Å²) < 4.78 is 98.5. The summed E-state index contributed by atoms with van der Waals surface area (Å²) in [6.07, 6.45) is -7.61. The molecule has 1 spiro atoms. The average Bonchev–Trinajstić information content (AvgIpc) is 3.57. The van der Waals surface area contributed by atoms with Crippen molar-refractivity contribution >= 4 is 23.2 Å². The van der Waals surface area contributed by atoms with Crippen LogP contribution in [-0.4, -0.2) is 57.6 Å². The van der Waals surface area contributed by atoms with Gasteiger partial charge in [0.1, 0.15) is 11.4 Å². The van der Waals surface area contributed by atoms with Crippen molar-refractivity contribution in [2.24, 2.45) is 5.41 Å². The molecule has 1 aromatic heterocycles. The predicted molar refractivity (Wildman–Crippen MR) is 132 cm³/mol. The Hall–Kier alpha value is -3.06. The molecule has 1 aliphatic carbocycles. The highest BCUT2D eigenvalue weighted by Crippen LogP contribution is 2.55. The number of halogens is 8. The fourth-order valence-electron chi connectivity index (χ4n) is 6.43. The van der Waals surface area contributed by atoms with Gasteiger partial charge in [-0.15, -0.1) is 10.2 Å². The minimum absolute atomic E-state index is 0.0198. The lowest BCUT2D eigenvalue weighted by Gasteiger charge is -2.61. The van der Waals surface area contributed by atoms with E-state index in [0.29, 0.717) is 54.2 Å². The van der Waals surface area contributed by atoms with E-state index in [1.807, 2.05) is 4.90 Å². The van der Waals surface area contributed by atoms with Crippen LogP contribution in [-0.2, 0) is 13.1 Å². The molecule has 0 bridgehead atoms. The van der Waals surface area contributed by atoms with E-state index >= 15 is 0 Å². The van der Waals surface area contributed by atoms with Crippen molar-refractivity contribution in [1.29, 1.82) is 0 Å². The zero-order chi connectivity index (χ0) is 28.2. The third kappa shape index (κ3) is 3.73. The number of nitrogens with zero attached hydrogens (tertiary/aromatic N) is 6. The number of hydrogen-bond donors (Lipinski definition) is 0. The molecular weight excluding hydrogens is 565 g/mol. The van der Waals surface area contributed by atoms with Crippen LogP contribution in [0.1, 0.15) is 36.2 Å². The van der Waals surface area contributed by atoms with Crippen LogP contribution in [0.15, 0.2) is 30.3 Å². The minimum Gasteiger partial charge on any atom is -0.368 e. The van der Waals surface area contributed by atoms with E-state index in [4.69, 9.17) is 11.6 Å². The van der Waals surface area contributed by atoms with Crippen LogP contribution in [0, 0.1) is 17.0 Å². The van der Waals surface area contributed by atoms with Gasteiger partial charge in [0.05, 0.1) is 23.5 Å². The van der Waals surface area contributed by atoms with Crippen molar-refractivity contribution in [3.8, 4) is 5.69 Å². The standard InChI is InChI=1S/C26H22ClF7N6/c27-15-1-3-17-14(7-15)8-39(25(5-6-25)26(32,33)34)9-19-35-36-23(40(17)19)38-12-24(13-38)10-37(11-24)18-4-2-16(28)20(21(18)29)22(30)31/h1-4,7,22H,5-6,8-13H2. The van der Waals surface area contributed by atoms with Crippen LogP contribution in [0.3, 0.4) is 0 Å². The number of alkyl halides is 5. The summed E-state index contributed by atoms with van der Waals surface area (Å²) in [5.74, 6) is -1.67. The topological polar surface area (TPSA) is 40.4 Å². The van der Waals surface area contributed by atoms with Gasteiger partial charge in [-0.05, 0) is 48.7 Å². The van der Waals surface area contributed by atoms with Crippen molar-refractivity contribution < 1.29 is 30.7 Å². The summed E-state index contributed by atoms with van der Waals surface area (Å²) in [5, 5.41) is 9.03. The maximum Gasteiger partial charge on any atom is 0.406 e. The highest BCUT2D eigenvalue weighted by atomic mass is 35.5. The number of benzene rings is 2. The number of fused-ring (bicyclic) bond motifs is 3. The maximum absolute atomic E-state index is 14.6. The van der Waals surface area contributed by atoms with E-state index in [1.165, 1.54) is 11.0 Å². The Bertz CT molecular complexity index is 1500. The lowest BCUT2D eigenvalue weighted by molar-refractivity contribution is -0.200. The molecule has 4 heterocycles. The van der Waals surface area contributed by atoms with Crippen molar-refractivity contribution in [3.05, 3.63) is 63.9 Å². The molecule has 14 heteroatoms. The second-order valence-corrected chi connectivity index (χ2v) is 11.7. The van der Waals surface area contributed by atoms with E-state index in [1.54, 1.807) is 27.7 Å². The molecule has 0 atom stereocenters. The van der Waals surface area contributed by atoms with Gasteiger partial charge in [-0.2, -0.15) is 13.2 Å². The number of hydrogen-bond acceptors (Lipinski definition) is 5. The Morgan fingerprint density at radius 2 is 1.55 bits per heavy atom. The lowest BCUT2D eigenvalue weighted by Crippen LogP contribution is -2.73. The van der Waals surface area contributed by atoms with Gasteiger partial charge >= 0.3 is 6.18 Å². The van der Waals surface area contributed by atoms with E-state index in [0.717, 1.165) is 6.07 Å². The largest absolute Gasteiger partial charge is 0.406 e. The molecule has 40 heavy (non-hydrogen) atoms. The molecule has 212 valence electrons. The third-order valence-electron chi connectivity index (χ3n) is 8.60. The Morgan fingerprint density at radius 1 is 0.875 bits per heavy atom. The number of anilines is 2. The molecule has 7 rings (SSSR count). The normalized spacial score (nSPS) is 21.1. The van der Waals surface area contributed by atoms with Crippen molar-refractivity contribution in [2.45, 2.75) is 44.1 Å². The van der Waals surface area contributed by atoms with Gasteiger partial charge in [-0.1, -0.05) is 11.6 Å². The highest BCUT2D eigenvalue weighted by molar-refractivity contribution is 6.30. The monoisotopic (exact) mass is 586 g/mol. The van der Waals surface area contributed by atoms with Crippen molar-refractivity contribution in [1.82, 2.24) is 19.7 Å². The molecule has 0 unspecified atom stereocenters. The molecule has 0 radical (unpaired) electrons. The summed E-state index contributed by atoms with van der Waals surface area (Å²) >= 11 is 6.23. The first kappa shape index (κ1) is 25.9. The van der Waals surface area contributed by atoms with Gasteiger partial charge in [-0.25, -0.2) is 17.6 Å². The van der Waals surface area contributed by atoms with Gasteiger partial charge < -0.3 is 9.80 Å². The Labute approximate surface area is 228 Å². The van der Waals surface area contributed by atoms with Crippen LogP contribution < -0.4 is 9.80 Å². The smallest absolute Gasteiger partial charge is 0.368 e. The molecule has 6 nitrogen and oxygen atoms in total. The zero-order valence-corrected chi connectivity index (χ0v) is 21.6. The molecule has 0 N–H and O–H groups in total. The molecule has 2 aromatic carbocycles. The highest BCUT2D eigenvalue weighted by Gasteiger charge is 2.67. The van der Waals surface area contributed by atoms with Gasteiger partial charge in [0.2, 0.25) is 5.95 Å². The Morgan fingerprint density at radius 3 is 2.20 bits per heavy atom. The number of aromatic nitrogens is 3. The summed E-state index contributed by atoms with van der Waals surface area (Å²) in [6.45, 7) is 1.78. The van der Waals surface area contributed by atoms with E-state index in [9.17, 15) is 30.7 Å². The van der Waals surface area contributed by atoms with E-state index in [2.05, 4.69) is 10.2 Å². The second kappa shape index (κ2) is 8.48. The van der Waals surface area contributed by atoms with Gasteiger partial charge in [-0.3, -0.25) is 9.47 Å². The van der Waals surface area contributed by atoms with Crippen LogP contribution in [0.5, 0.6) is 0 Å². The second-order valence-electron chi connectivity index (χ2n) is 11.2. The number of rotatable bonds is 4. The molecule has 4 aliphatic rings.